The van der Waals surface area contributed by atoms with Gasteiger partial charge in [-0.05, 0) is 52.0 Å². The lowest BCUT2D eigenvalue weighted by molar-refractivity contribution is 0.103. The minimum Gasteiger partial charge on any atom is -0.422 e. The van der Waals surface area contributed by atoms with Gasteiger partial charge in [0.2, 0.25) is 5.78 Å². The van der Waals surface area contributed by atoms with E-state index in [1.807, 2.05) is 61.8 Å². The minimum atomic E-state index is -0.774. The molecule has 7 nitrogen and oxygen atoms in total. The highest BCUT2D eigenvalue weighted by Gasteiger charge is 2.31. The summed E-state index contributed by atoms with van der Waals surface area (Å²) >= 11 is 0. The molecule has 0 saturated carbocycles. The molecule has 2 heterocycles. The molecule has 4 aromatic rings. The molecule has 0 spiro atoms. The van der Waals surface area contributed by atoms with E-state index in [4.69, 9.17) is 8.83 Å². The average Bonchev–Trinajstić information content (AvgIpc) is 2.85. The van der Waals surface area contributed by atoms with Crippen LogP contribution in [-0.4, -0.2) is 32.0 Å². The van der Waals surface area contributed by atoms with Crippen LogP contribution in [0.5, 0.6) is 0 Å². The van der Waals surface area contributed by atoms with Gasteiger partial charge in [-0.3, -0.25) is 4.79 Å². The molecule has 0 atom stereocenters. The highest BCUT2D eigenvalue weighted by molar-refractivity contribution is 6.19. The molecule has 0 bridgehead atoms. The lowest BCUT2D eigenvalue weighted by Crippen LogP contribution is -2.32. The second kappa shape index (κ2) is 9.55. The van der Waals surface area contributed by atoms with Crippen molar-refractivity contribution in [1.29, 1.82) is 0 Å². The molecule has 0 aliphatic carbocycles. The third-order valence-corrected chi connectivity index (χ3v) is 6.18. The molecule has 176 valence electrons. The standard InChI is InChI=1S/C27H28N2O5/c1-5-28(6-2)23-17-13-9-11-15-19(17)33-26(31)21(23)25(30)22-24(29(7-3)8-4)18-14-10-12-16-20(18)34-27(22)32/h9-16H,5-8H2,1-4H3. The van der Waals surface area contributed by atoms with Gasteiger partial charge in [-0.25, -0.2) is 9.59 Å². The minimum absolute atomic E-state index is 0.154. The summed E-state index contributed by atoms with van der Waals surface area (Å²) in [4.78, 5) is 44.5. The van der Waals surface area contributed by atoms with E-state index in [9.17, 15) is 14.4 Å². The van der Waals surface area contributed by atoms with E-state index < -0.39 is 17.0 Å². The Balaban J connectivity index is 2.12. The van der Waals surface area contributed by atoms with Crippen molar-refractivity contribution in [3.8, 4) is 0 Å². The van der Waals surface area contributed by atoms with Crippen LogP contribution in [0.2, 0.25) is 0 Å². The number of carbonyl (C=O) groups excluding carboxylic acids is 1. The van der Waals surface area contributed by atoms with Gasteiger partial charge in [0.15, 0.2) is 0 Å². The number of hydrogen-bond acceptors (Lipinski definition) is 7. The van der Waals surface area contributed by atoms with Crippen molar-refractivity contribution in [2.75, 3.05) is 36.0 Å². The Labute approximate surface area is 197 Å². The lowest BCUT2D eigenvalue weighted by Gasteiger charge is -2.26. The summed E-state index contributed by atoms with van der Waals surface area (Å²) in [5.41, 5.74) is -0.134. The van der Waals surface area contributed by atoms with Gasteiger partial charge in [-0.1, -0.05) is 24.3 Å². The van der Waals surface area contributed by atoms with Gasteiger partial charge in [0.25, 0.3) is 0 Å². The third kappa shape index (κ3) is 3.77. The molecule has 2 aromatic heterocycles. The number of nitrogens with zero attached hydrogens (tertiary/aromatic N) is 2. The van der Waals surface area contributed by atoms with Crippen molar-refractivity contribution in [1.82, 2.24) is 0 Å². The molecule has 2 aromatic carbocycles. The summed E-state index contributed by atoms with van der Waals surface area (Å²) in [6, 6.07) is 14.2. The molecule has 0 fully saturated rings. The van der Waals surface area contributed by atoms with Crippen LogP contribution in [0.25, 0.3) is 21.9 Å². The molecule has 0 radical (unpaired) electrons. The Morgan fingerprint density at radius 2 is 1.00 bits per heavy atom. The van der Waals surface area contributed by atoms with Crippen molar-refractivity contribution in [2.24, 2.45) is 0 Å². The van der Waals surface area contributed by atoms with Crippen molar-refractivity contribution in [3.05, 3.63) is 80.5 Å². The number of rotatable bonds is 8. The van der Waals surface area contributed by atoms with Gasteiger partial charge in [-0.15, -0.1) is 0 Å². The van der Waals surface area contributed by atoms with Gasteiger partial charge >= 0.3 is 11.3 Å². The molecule has 0 saturated heterocycles. The van der Waals surface area contributed by atoms with Crippen LogP contribution in [0, 0.1) is 0 Å². The van der Waals surface area contributed by atoms with Gasteiger partial charge in [0, 0.05) is 37.0 Å². The number of carbonyl (C=O) groups is 1. The molecule has 0 amide bonds. The second-order valence-electron chi connectivity index (χ2n) is 7.89. The Morgan fingerprint density at radius 1 is 0.647 bits per heavy atom. The maximum atomic E-state index is 14.1. The lowest BCUT2D eigenvalue weighted by atomic mass is 9.98. The summed E-state index contributed by atoms with van der Waals surface area (Å²) in [6.45, 7) is 10.1. The Kier molecular flexibility index (Phi) is 6.54. The molecule has 0 N–H and O–H groups in total. The molecule has 4 rings (SSSR count). The summed E-state index contributed by atoms with van der Waals surface area (Å²) in [5.74, 6) is -0.692. The molecular formula is C27H28N2O5. The van der Waals surface area contributed by atoms with E-state index in [0.717, 1.165) is 0 Å². The van der Waals surface area contributed by atoms with Crippen molar-refractivity contribution in [3.63, 3.8) is 0 Å². The Morgan fingerprint density at radius 3 is 1.35 bits per heavy atom. The Hall–Kier alpha value is -3.87. The first-order valence-electron chi connectivity index (χ1n) is 11.6. The number of fused-ring (bicyclic) bond motifs is 2. The summed E-state index contributed by atoms with van der Waals surface area (Å²) < 4.78 is 11.1. The smallest absolute Gasteiger partial charge is 0.349 e. The van der Waals surface area contributed by atoms with E-state index in [1.54, 1.807) is 24.3 Å². The fraction of sp³-hybridized carbons (Fsp3) is 0.296. The van der Waals surface area contributed by atoms with E-state index in [2.05, 4.69) is 0 Å². The van der Waals surface area contributed by atoms with Gasteiger partial charge in [0.05, 0.1) is 11.4 Å². The predicted octanol–water partition coefficient (Wildman–Crippen LogP) is 4.82. The quantitative estimate of drug-likeness (QED) is 0.275. The van der Waals surface area contributed by atoms with Crippen LogP contribution in [0.4, 0.5) is 11.4 Å². The zero-order valence-corrected chi connectivity index (χ0v) is 19.9. The number of anilines is 2. The number of para-hydroxylation sites is 2. The largest absolute Gasteiger partial charge is 0.422 e. The number of ketones is 1. The predicted molar refractivity (Wildman–Crippen MR) is 136 cm³/mol. The summed E-state index contributed by atoms with van der Waals surface area (Å²) in [7, 11) is 0. The fourth-order valence-corrected chi connectivity index (χ4v) is 4.53. The summed E-state index contributed by atoms with van der Waals surface area (Å²) in [5, 5.41) is 1.28. The first kappa shape index (κ1) is 23.3. The normalized spacial score (nSPS) is 11.2. The van der Waals surface area contributed by atoms with Crippen LogP contribution in [0.1, 0.15) is 43.6 Å². The fourth-order valence-electron chi connectivity index (χ4n) is 4.53. The van der Waals surface area contributed by atoms with Crippen LogP contribution in [-0.2, 0) is 0 Å². The molecule has 0 unspecified atom stereocenters. The monoisotopic (exact) mass is 460 g/mol. The number of benzene rings is 2. The molecule has 34 heavy (non-hydrogen) atoms. The topological polar surface area (TPSA) is 84.0 Å². The highest BCUT2D eigenvalue weighted by Crippen LogP contribution is 2.34. The zero-order chi connectivity index (χ0) is 24.4. The summed E-state index contributed by atoms with van der Waals surface area (Å²) in [6.07, 6.45) is 0. The van der Waals surface area contributed by atoms with Crippen LogP contribution >= 0.6 is 0 Å². The molecule has 0 aliphatic rings. The van der Waals surface area contributed by atoms with Crippen LogP contribution in [0.15, 0.2) is 67.0 Å². The van der Waals surface area contributed by atoms with E-state index >= 15 is 0 Å². The van der Waals surface area contributed by atoms with Crippen LogP contribution in [0.3, 0.4) is 0 Å². The Bertz CT molecular complexity index is 1370. The number of hydrogen-bond donors (Lipinski definition) is 0. The second-order valence-corrected chi connectivity index (χ2v) is 7.89. The maximum Gasteiger partial charge on any atom is 0.349 e. The van der Waals surface area contributed by atoms with E-state index in [-0.39, 0.29) is 11.1 Å². The molecule has 7 heteroatoms. The van der Waals surface area contributed by atoms with Crippen molar-refractivity contribution in [2.45, 2.75) is 27.7 Å². The van der Waals surface area contributed by atoms with E-state index in [1.165, 1.54) is 0 Å². The average molecular weight is 461 g/mol. The first-order chi connectivity index (χ1) is 16.5. The van der Waals surface area contributed by atoms with Gasteiger partial charge in [-0.2, -0.15) is 0 Å². The van der Waals surface area contributed by atoms with Gasteiger partial charge in [0.1, 0.15) is 22.3 Å². The van der Waals surface area contributed by atoms with Crippen molar-refractivity contribution < 1.29 is 13.6 Å². The third-order valence-electron chi connectivity index (χ3n) is 6.18. The molecule has 0 aliphatic heterocycles. The van der Waals surface area contributed by atoms with E-state index in [0.29, 0.717) is 59.5 Å². The van der Waals surface area contributed by atoms with Gasteiger partial charge < -0.3 is 18.6 Å². The first-order valence-corrected chi connectivity index (χ1v) is 11.6. The molecular weight excluding hydrogens is 432 g/mol. The van der Waals surface area contributed by atoms with Crippen molar-refractivity contribution >= 4 is 39.1 Å². The highest BCUT2D eigenvalue weighted by atomic mass is 16.4. The van der Waals surface area contributed by atoms with Crippen LogP contribution < -0.4 is 21.1 Å². The maximum absolute atomic E-state index is 14.1. The SMILES string of the molecule is CCN(CC)c1c(C(=O)c2c(N(CC)CC)c3ccccc3oc2=O)c(=O)oc2ccccc12. The zero-order valence-electron chi connectivity index (χ0n) is 19.9.